The van der Waals surface area contributed by atoms with Crippen molar-refractivity contribution < 1.29 is 14.4 Å². The molecule has 0 amide bonds. The maximum atomic E-state index is 10.7. The van der Waals surface area contributed by atoms with Gasteiger partial charge in [-0.15, -0.1) is 0 Å². The number of hydrogen-bond acceptors (Lipinski definition) is 5. The molecular weight excluding hydrogens is 270 g/mol. The van der Waals surface area contributed by atoms with Crippen LogP contribution in [0.25, 0.3) is 11.4 Å². The number of likely N-dealkylation sites (tertiary alicyclic amines) is 1. The number of hydrogen-bond donors (Lipinski definition) is 1. The lowest BCUT2D eigenvalue weighted by Crippen LogP contribution is -2.21. The van der Waals surface area contributed by atoms with Crippen LogP contribution in [0.1, 0.15) is 18.7 Å². The molecule has 1 saturated heterocycles. The summed E-state index contributed by atoms with van der Waals surface area (Å²) in [6, 6.07) is 9.68. The number of benzene rings is 1. The Morgan fingerprint density at radius 1 is 1.38 bits per heavy atom. The van der Waals surface area contributed by atoms with Gasteiger partial charge in [0.15, 0.2) is 0 Å². The van der Waals surface area contributed by atoms with Crippen LogP contribution in [0.4, 0.5) is 0 Å². The molecule has 0 bridgehead atoms. The Hall–Kier alpha value is -2.21. The van der Waals surface area contributed by atoms with E-state index < -0.39 is 5.97 Å². The lowest BCUT2D eigenvalue weighted by molar-refractivity contribution is -0.138. The first kappa shape index (κ1) is 13.8. The van der Waals surface area contributed by atoms with E-state index in [1.807, 2.05) is 30.3 Å². The van der Waals surface area contributed by atoms with E-state index in [4.69, 9.17) is 9.63 Å². The number of carboxylic acid groups (broad SMARTS) is 1. The zero-order chi connectivity index (χ0) is 14.7. The Kier molecular flexibility index (Phi) is 3.96. The van der Waals surface area contributed by atoms with Gasteiger partial charge in [0.05, 0.1) is 6.54 Å². The first-order valence-electron chi connectivity index (χ1n) is 7.03. The fraction of sp³-hybridized carbons (Fsp3) is 0.400. The van der Waals surface area contributed by atoms with Crippen LogP contribution in [0.3, 0.4) is 0 Å². The van der Waals surface area contributed by atoms with E-state index in [0.29, 0.717) is 18.3 Å². The normalized spacial score (nSPS) is 19.0. The average Bonchev–Trinajstić information content (AvgIpc) is 3.09. The summed E-state index contributed by atoms with van der Waals surface area (Å²) in [7, 11) is 0. The highest BCUT2D eigenvalue weighted by molar-refractivity contribution is 5.67. The van der Waals surface area contributed by atoms with Crippen LogP contribution in [0.15, 0.2) is 34.9 Å². The van der Waals surface area contributed by atoms with E-state index in [1.165, 1.54) is 0 Å². The Morgan fingerprint density at radius 3 is 2.95 bits per heavy atom. The third-order valence-electron chi connectivity index (χ3n) is 3.69. The van der Waals surface area contributed by atoms with Gasteiger partial charge in [0.25, 0.3) is 0 Å². The Morgan fingerprint density at radius 2 is 2.19 bits per heavy atom. The largest absolute Gasteiger partial charge is 0.481 e. The Balaban J connectivity index is 1.60. The molecule has 1 aromatic carbocycles. The number of carboxylic acids is 1. The first-order valence-corrected chi connectivity index (χ1v) is 7.03. The lowest BCUT2D eigenvalue weighted by atomic mass is 10.1. The summed E-state index contributed by atoms with van der Waals surface area (Å²) in [6.45, 7) is 2.23. The molecule has 1 unspecified atom stereocenters. The van der Waals surface area contributed by atoms with Gasteiger partial charge >= 0.3 is 5.97 Å². The predicted octanol–water partition coefficient (Wildman–Crippen LogP) is 2.03. The SMILES string of the molecule is O=C(O)CC1CCN(Cc2nc(-c3ccccc3)no2)C1. The number of aliphatic carboxylic acids is 1. The van der Waals surface area contributed by atoms with Gasteiger partial charge in [-0.2, -0.15) is 4.98 Å². The fourth-order valence-corrected chi connectivity index (χ4v) is 2.68. The fourth-order valence-electron chi connectivity index (χ4n) is 2.68. The Labute approximate surface area is 122 Å². The highest BCUT2D eigenvalue weighted by Crippen LogP contribution is 2.22. The predicted molar refractivity (Wildman–Crippen MR) is 75.4 cm³/mol. The second-order valence-corrected chi connectivity index (χ2v) is 5.37. The van der Waals surface area contributed by atoms with Crippen LogP contribution >= 0.6 is 0 Å². The summed E-state index contributed by atoms with van der Waals surface area (Å²) in [5.41, 5.74) is 0.928. The maximum absolute atomic E-state index is 10.7. The Bertz CT molecular complexity index is 612. The third-order valence-corrected chi connectivity index (χ3v) is 3.69. The van der Waals surface area contributed by atoms with Crippen molar-refractivity contribution in [3.05, 3.63) is 36.2 Å². The number of rotatable bonds is 5. The monoisotopic (exact) mass is 287 g/mol. The second-order valence-electron chi connectivity index (χ2n) is 5.37. The molecule has 0 aliphatic carbocycles. The molecule has 0 radical (unpaired) electrons. The highest BCUT2D eigenvalue weighted by atomic mass is 16.5. The number of carbonyl (C=O) groups is 1. The molecule has 110 valence electrons. The smallest absolute Gasteiger partial charge is 0.303 e. The van der Waals surface area contributed by atoms with Crippen molar-refractivity contribution in [1.82, 2.24) is 15.0 Å². The summed E-state index contributed by atoms with van der Waals surface area (Å²) in [5, 5.41) is 12.8. The van der Waals surface area contributed by atoms with Gasteiger partial charge in [-0.3, -0.25) is 9.69 Å². The zero-order valence-electron chi connectivity index (χ0n) is 11.6. The minimum absolute atomic E-state index is 0.221. The van der Waals surface area contributed by atoms with Crippen molar-refractivity contribution in [2.75, 3.05) is 13.1 Å². The quantitative estimate of drug-likeness (QED) is 0.906. The first-order chi connectivity index (χ1) is 10.2. The third kappa shape index (κ3) is 3.46. The van der Waals surface area contributed by atoms with Gasteiger partial charge in [-0.1, -0.05) is 35.5 Å². The van der Waals surface area contributed by atoms with Crippen molar-refractivity contribution >= 4 is 5.97 Å². The van der Waals surface area contributed by atoms with Gasteiger partial charge in [0.2, 0.25) is 11.7 Å². The van der Waals surface area contributed by atoms with Crippen LogP contribution in [0.2, 0.25) is 0 Å². The highest BCUT2D eigenvalue weighted by Gasteiger charge is 2.25. The van der Waals surface area contributed by atoms with Crippen LogP contribution in [0.5, 0.6) is 0 Å². The van der Waals surface area contributed by atoms with Crippen molar-refractivity contribution in [2.24, 2.45) is 5.92 Å². The van der Waals surface area contributed by atoms with E-state index in [1.54, 1.807) is 0 Å². The van der Waals surface area contributed by atoms with E-state index in [0.717, 1.165) is 25.1 Å². The van der Waals surface area contributed by atoms with E-state index in [9.17, 15) is 4.79 Å². The standard InChI is InChI=1S/C15H17N3O3/c19-14(20)8-11-6-7-18(9-11)10-13-16-15(17-21-13)12-4-2-1-3-5-12/h1-5,11H,6-10H2,(H,19,20). The zero-order valence-corrected chi connectivity index (χ0v) is 11.6. The van der Waals surface area contributed by atoms with E-state index in [2.05, 4.69) is 15.0 Å². The molecule has 1 N–H and O–H groups in total. The van der Waals surface area contributed by atoms with Crippen molar-refractivity contribution in [3.63, 3.8) is 0 Å². The van der Waals surface area contributed by atoms with Gasteiger partial charge in [-0.05, 0) is 18.9 Å². The van der Waals surface area contributed by atoms with Crippen LogP contribution in [-0.4, -0.2) is 39.2 Å². The molecule has 1 aromatic heterocycles. The van der Waals surface area contributed by atoms with Gasteiger partial charge < -0.3 is 9.63 Å². The van der Waals surface area contributed by atoms with Gasteiger partial charge in [0.1, 0.15) is 0 Å². The van der Waals surface area contributed by atoms with E-state index in [-0.39, 0.29) is 12.3 Å². The van der Waals surface area contributed by atoms with Crippen LogP contribution in [-0.2, 0) is 11.3 Å². The summed E-state index contributed by atoms with van der Waals surface area (Å²) >= 11 is 0. The molecule has 2 aromatic rings. The molecule has 6 nitrogen and oxygen atoms in total. The maximum Gasteiger partial charge on any atom is 0.303 e. The topological polar surface area (TPSA) is 79.5 Å². The molecule has 0 saturated carbocycles. The molecule has 0 spiro atoms. The minimum atomic E-state index is -0.731. The second kappa shape index (κ2) is 6.05. The van der Waals surface area contributed by atoms with Crippen LogP contribution in [0, 0.1) is 5.92 Å². The molecule has 6 heteroatoms. The summed E-state index contributed by atoms with van der Waals surface area (Å²) in [4.78, 5) is 17.3. The van der Waals surface area contributed by atoms with Crippen molar-refractivity contribution in [3.8, 4) is 11.4 Å². The van der Waals surface area contributed by atoms with Crippen molar-refractivity contribution in [1.29, 1.82) is 0 Å². The molecule has 1 atom stereocenters. The van der Waals surface area contributed by atoms with Gasteiger partial charge in [0, 0.05) is 18.5 Å². The minimum Gasteiger partial charge on any atom is -0.481 e. The molecule has 1 aliphatic heterocycles. The van der Waals surface area contributed by atoms with E-state index >= 15 is 0 Å². The molecule has 2 heterocycles. The molecular formula is C15H17N3O3. The van der Waals surface area contributed by atoms with Crippen LogP contribution < -0.4 is 0 Å². The number of aromatic nitrogens is 2. The van der Waals surface area contributed by atoms with Crippen molar-refractivity contribution in [2.45, 2.75) is 19.4 Å². The average molecular weight is 287 g/mol. The molecule has 21 heavy (non-hydrogen) atoms. The summed E-state index contributed by atoms with van der Waals surface area (Å²) < 4.78 is 5.28. The summed E-state index contributed by atoms with van der Waals surface area (Å²) in [6.07, 6.45) is 1.14. The van der Waals surface area contributed by atoms with Gasteiger partial charge in [-0.25, -0.2) is 0 Å². The molecule has 3 rings (SSSR count). The summed E-state index contributed by atoms with van der Waals surface area (Å²) in [5.74, 6) is 0.654. The molecule has 1 fully saturated rings. The lowest BCUT2D eigenvalue weighted by Gasteiger charge is -2.12. The molecule has 1 aliphatic rings. The number of nitrogens with zero attached hydrogens (tertiary/aromatic N) is 3.